The summed E-state index contributed by atoms with van der Waals surface area (Å²) in [6.07, 6.45) is 5.22. The third kappa shape index (κ3) is 2.99. The minimum Gasteiger partial charge on any atom is -0.369 e. The molecule has 108 valence electrons. The van der Waals surface area contributed by atoms with Crippen LogP contribution >= 0.6 is 0 Å². The lowest BCUT2D eigenvalue weighted by Gasteiger charge is -2.31. The van der Waals surface area contributed by atoms with Gasteiger partial charge in [0, 0.05) is 25.5 Å². The second-order valence-electron chi connectivity index (χ2n) is 5.14. The summed E-state index contributed by atoms with van der Waals surface area (Å²) in [7, 11) is 0. The molecule has 1 amide bonds. The van der Waals surface area contributed by atoms with Crippen LogP contribution < -0.4 is 10.6 Å². The van der Waals surface area contributed by atoms with Crippen molar-refractivity contribution in [1.82, 2.24) is 15.0 Å². The average Bonchev–Trinajstić information content (AvgIpc) is 2.56. The maximum absolute atomic E-state index is 11.4. The number of carbonyl (C=O) groups excluding carboxylic acids is 1. The molecule has 0 unspecified atom stereocenters. The zero-order chi connectivity index (χ0) is 14.7. The quantitative estimate of drug-likeness (QED) is 0.916. The van der Waals surface area contributed by atoms with Crippen molar-refractivity contribution in [3.8, 4) is 11.4 Å². The van der Waals surface area contributed by atoms with Gasteiger partial charge >= 0.3 is 0 Å². The summed E-state index contributed by atoms with van der Waals surface area (Å²) in [6.45, 7) is 1.43. The van der Waals surface area contributed by atoms with Crippen molar-refractivity contribution in [3.63, 3.8) is 0 Å². The number of aromatic nitrogens is 3. The Kier molecular flexibility index (Phi) is 3.77. The summed E-state index contributed by atoms with van der Waals surface area (Å²) < 4.78 is 0. The number of anilines is 1. The molecule has 0 bridgehead atoms. The van der Waals surface area contributed by atoms with Crippen LogP contribution in [0.25, 0.3) is 11.4 Å². The molecule has 1 atom stereocenters. The molecule has 0 spiro atoms. The molecule has 21 heavy (non-hydrogen) atoms. The Hall–Kier alpha value is -2.50. The van der Waals surface area contributed by atoms with Crippen LogP contribution in [0.3, 0.4) is 0 Å². The van der Waals surface area contributed by atoms with Gasteiger partial charge in [-0.2, -0.15) is 0 Å². The fourth-order valence-corrected chi connectivity index (χ4v) is 2.55. The molecule has 1 aliphatic rings. The van der Waals surface area contributed by atoms with Gasteiger partial charge in [-0.15, -0.1) is 0 Å². The van der Waals surface area contributed by atoms with E-state index in [0.717, 1.165) is 30.8 Å². The van der Waals surface area contributed by atoms with Gasteiger partial charge in [-0.3, -0.25) is 9.78 Å². The van der Waals surface area contributed by atoms with Crippen LogP contribution in [-0.2, 0) is 4.79 Å². The zero-order valence-corrected chi connectivity index (χ0v) is 11.6. The number of nitrogens with zero attached hydrogens (tertiary/aromatic N) is 4. The molecule has 3 heterocycles. The molecule has 1 aliphatic heterocycles. The van der Waals surface area contributed by atoms with Crippen LogP contribution in [0.5, 0.6) is 0 Å². The van der Waals surface area contributed by atoms with Crippen molar-refractivity contribution in [2.45, 2.75) is 12.8 Å². The molecule has 1 fully saturated rings. The van der Waals surface area contributed by atoms with Crippen molar-refractivity contribution >= 4 is 11.9 Å². The van der Waals surface area contributed by atoms with Gasteiger partial charge in [-0.25, -0.2) is 9.97 Å². The van der Waals surface area contributed by atoms with Gasteiger partial charge < -0.3 is 10.6 Å². The highest BCUT2D eigenvalue weighted by Gasteiger charge is 2.25. The number of pyridine rings is 1. The van der Waals surface area contributed by atoms with Crippen LogP contribution in [0.1, 0.15) is 12.8 Å². The van der Waals surface area contributed by atoms with E-state index >= 15 is 0 Å². The number of hydrogen-bond acceptors (Lipinski definition) is 5. The summed E-state index contributed by atoms with van der Waals surface area (Å²) >= 11 is 0. The zero-order valence-electron chi connectivity index (χ0n) is 11.6. The number of primary amides is 1. The number of carbonyl (C=O) groups is 1. The Labute approximate surface area is 123 Å². The molecule has 2 aromatic rings. The van der Waals surface area contributed by atoms with E-state index in [1.54, 1.807) is 12.4 Å². The average molecular weight is 283 g/mol. The van der Waals surface area contributed by atoms with Gasteiger partial charge in [0.05, 0.1) is 17.3 Å². The largest absolute Gasteiger partial charge is 0.369 e. The van der Waals surface area contributed by atoms with Gasteiger partial charge in [0.25, 0.3) is 0 Å². The first kappa shape index (κ1) is 13.5. The minimum atomic E-state index is -0.249. The third-order valence-electron chi connectivity index (χ3n) is 3.68. The number of hydrogen-bond donors (Lipinski definition) is 1. The molecule has 6 heteroatoms. The second kappa shape index (κ2) is 5.87. The van der Waals surface area contributed by atoms with Crippen LogP contribution in [0.2, 0.25) is 0 Å². The smallest absolute Gasteiger partial charge is 0.225 e. The van der Waals surface area contributed by atoms with E-state index in [-0.39, 0.29) is 11.8 Å². The Bertz CT molecular complexity index is 631. The van der Waals surface area contributed by atoms with Gasteiger partial charge in [0.2, 0.25) is 11.9 Å². The third-order valence-corrected chi connectivity index (χ3v) is 3.68. The first-order valence-corrected chi connectivity index (χ1v) is 7.03. The molecular formula is C15H17N5O. The minimum absolute atomic E-state index is 0.124. The monoisotopic (exact) mass is 283 g/mol. The van der Waals surface area contributed by atoms with Crippen molar-refractivity contribution < 1.29 is 4.79 Å². The predicted molar refractivity (Wildman–Crippen MR) is 79.4 cm³/mol. The molecule has 0 aromatic carbocycles. The maximum atomic E-state index is 11.4. The number of nitrogens with two attached hydrogens (primary N) is 1. The SMILES string of the molecule is NC(=O)[C@H]1CCCN(c2nccc(-c3ccccn3)n2)C1. The Balaban J connectivity index is 1.84. The van der Waals surface area contributed by atoms with Crippen molar-refractivity contribution in [2.75, 3.05) is 18.0 Å². The molecule has 2 aromatic heterocycles. The van der Waals surface area contributed by atoms with E-state index in [1.165, 1.54) is 0 Å². The summed E-state index contributed by atoms with van der Waals surface area (Å²) in [5.74, 6) is 0.255. The van der Waals surface area contributed by atoms with Gasteiger partial charge in [0.1, 0.15) is 0 Å². The molecule has 3 rings (SSSR count). The summed E-state index contributed by atoms with van der Waals surface area (Å²) in [5, 5.41) is 0. The first-order chi connectivity index (χ1) is 10.2. The Morgan fingerprint density at radius 3 is 2.86 bits per heavy atom. The molecule has 0 radical (unpaired) electrons. The van der Waals surface area contributed by atoms with Crippen molar-refractivity contribution in [2.24, 2.45) is 11.7 Å². The van der Waals surface area contributed by atoms with E-state index in [1.807, 2.05) is 29.2 Å². The summed E-state index contributed by atoms with van der Waals surface area (Å²) in [6, 6.07) is 7.54. The summed E-state index contributed by atoms with van der Waals surface area (Å²) in [4.78, 5) is 26.6. The first-order valence-electron chi connectivity index (χ1n) is 7.03. The van der Waals surface area contributed by atoms with E-state index in [2.05, 4.69) is 15.0 Å². The lowest BCUT2D eigenvalue weighted by Crippen LogP contribution is -2.41. The number of piperidine rings is 1. The van der Waals surface area contributed by atoms with Crippen LogP contribution in [0, 0.1) is 5.92 Å². The molecule has 6 nitrogen and oxygen atoms in total. The van der Waals surface area contributed by atoms with Crippen LogP contribution in [-0.4, -0.2) is 33.9 Å². The lowest BCUT2D eigenvalue weighted by molar-refractivity contribution is -0.122. The van der Waals surface area contributed by atoms with Crippen molar-refractivity contribution in [3.05, 3.63) is 36.7 Å². The molecular weight excluding hydrogens is 266 g/mol. The highest BCUT2D eigenvalue weighted by atomic mass is 16.1. The maximum Gasteiger partial charge on any atom is 0.225 e. The number of rotatable bonds is 3. The van der Waals surface area contributed by atoms with E-state index < -0.39 is 0 Å². The Morgan fingerprint density at radius 2 is 2.10 bits per heavy atom. The second-order valence-corrected chi connectivity index (χ2v) is 5.14. The van der Waals surface area contributed by atoms with E-state index in [9.17, 15) is 4.79 Å². The van der Waals surface area contributed by atoms with Gasteiger partial charge in [-0.05, 0) is 31.0 Å². The standard InChI is InChI=1S/C15H17N5O/c16-14(21)11-4-3-9-20(10-11)15-18-8-6-13(19-15)12-5-1-2-7-17-12/h1-2,5-8,11H,3-4,9-10H2,(H2,16,21)/t11-/m0/s1. The van der Waals surface area contributed by atoms with Gasteiger partial charge in [0.15, 0.2) is 0 Å². The Morgan fingerprint density at radius 1 is 1.19 bits per heavy atom. The lowest BCUT2D eigenvalue weighted by atomic mass is 9.98. The highest BCUT2D eigenvalue weighted by Crippen LogP contribution is 2.22. The molecule has 0 saturated carbocycles. The van der Waals surface area contributed by atoms with Crippen molar-refractivity contribution in [1.29, 1.82) is 0 Å². The van der Waals surface area contributed by atoms with Crippen LogP contribution in [0.15, 0.2) is 36.7 Å². The fraction of sp³-hybridized carbons (Fsp3) is 0.333. The predicted octanol–water partition coefficient (Wildman–Crippen LogP) is 1.24. The topological polar surface area (TPSA) is 85.0 Å². The van der Waals surface area contributed by atoms with Crippen LogP contribution in [0.4, 0.5) is 5.95 Å². The normalized spacial score (nSPS) is 18.5. The van der Waals surface area contributed by atoms with E-state index in [0.29, 0.717) is 12.5 Å². The van der Waals surface area contributed by atoms with E-state index in [4.69, 9.17) is 5.73 Å². The highest BCUT2D eigenvalue weighted by molar-refractivity contribution is 5.77. The fourth-order valence-electron chi connectivity index (χ4n) is 2.55. The molecule has 0 aliphatic carbocycles. The summed E-state index contributed by atoms with van der Waals surface area (Å²) in [5.41, 5.74) is 7.00. The molecule has 2 N–H and O–H groups in total. The van der Waals surface area contributed by atoms with Gasteiger partial charge in [-0.1, -0.05) is 6.07 Å². The number of amides is 1. The molecule has 1 saturated heterocycles.